The molecule has 5 nitrogen and oxygen atoms in total. The van der Waals surface area contributed by atoms with Gasteiger partial charge >= 0.3 is 0 Å². The average Bonchev–Trinajstić information content (AvgIpc) is 2.43. The van der Waals surface area contributed by atoms with E-state index < -0.39 is 0 Å². The minimum absolute atomic E-state index is 0.126. The van der Waals surface area contributed by atoms with Crippen molar-refractivity contribution >= 4 is 12.4 Å². The van der Waals surface area contributed by atoms with Crippen molar-refractivity contribution in [2.75, 3.05) is 14.2 Å². The van der Waals surface area contributed by atoms with Crippen LogP contribution in [0.5, 0.6) is 0 Å². The maximum absolute atomic E-state index is 12.2. The van der Waals surface area contributed by atoms with Gasteiger partial charge in [-0.3, -0.25) is 9.59 Å². The first-order valence-electron chi connectivity index (χ1n) is 7.66. The Hall–Kier alpha value is -1.10. The van der Waals surface area contributed by atoms with Crippen LogP contribution >= 0.6 is 0 Å². The van der Waals surface area contributed by atoms with Gasteiger partial charge in [0.25, 0.3) is 6.47 Å². The molecule has 5 heteroatoms. The second kappa shape index (κ2) is 12.6. The van der Waals surface area contributed by atoms with E-state index in [-0.39, 0.29) is 24.5 Å². The molecular weight excluding hydrogens is 270 g/mol. The fourth-order valence-corrected chi connectivity index (χ4v) is 2.45. The minimum Gasteiger partial charge on any atom is -0.483 e. The van der Waals surface area contributed by atoms with Gasteiger partial charge in [0.05, 0.1) is 12.1 Å². The summed E-state index contributed by atoms with van der Waals surface area (Å²) in [5.41, 5.74) is 0. The maximum Gasteiger partial charge on any atom is 0.290 e. The lowest BCUT2D eigenvalue weighted by atomic mass is 9.91. The normalized spacial score (nSPS) is 14.7. The SMILES string of the molecule is CCC(C)C(C(CC)OC)N(C)C(=O)CC(C)C.O=CO. The second-order valence-corrected chi connectivity index (χ2v) is 5.77. The number of carboxylic acid groups (broad SMARTS) is 1. The molecule has 0 rings (SSSR count). The van der Waals surface area contributed by atoms with Crippen molar-refractivity contribution in [3.8, 4) is 0 Å². The molecule has 1 amide bonds. The summed E-state index contributed by atoms with van der Waals surface area (Å²) in [6.07, 6.45) is 2.74. The summed E-state index contributed by atoms with van der Waals surface area (Å²) in [5.74, 6) is 1.09. The van der Waals surface area contributed by atoms with E-state index in [1.54, 1.807) is 7.11 Å². The molecule has 0 aliphatic rings. The van der Waals surface area contributed by atoms with E-state index in [1.165, 1.54) is 0 Å². The van der Waals surface area contributed by atoms with Crippen LogP contribution in [0.3, 0.4) is 0 Å². The van der Waals surface area contributed by atoms with Gasteiger partial charge in [-0.1, -0.05) is 41.0 Å². The highest BCUT2D eigenvalue weighted by atomic mass is 16.5. The van der Waals surface area contributed by atoms with E-state index in [9.17, 15) is 4.79 Å². The molecule has 0 bridgehead atoms. The lowest BCUT2D eigenvalue weighted by molar-refractivity contribution is -0.137. The van der Waals surface area contributed by atoms with Crippen molar-refractivity contribution in [3.05, 3.63) is 0 Å². The van der Waals surface area contributed by atoms with Gasteiger partial charge in [-0.15, -0.1) is 0 Å². The molecule has 0 aliphatic carbocycles. The minimum atomic E-state index is -0.250. The van der Waals surface area contributed by atoms with Gasteiger partial charge in [0.15, 0.2) is 0 Å². The Morgan fingerprint density at radius 3 is 2.00 bits per heavy atom. The summed E-state index contributed by atoms with van der Waals surface area (Å²) in [5, 5.41) is 6.89. The Balaban J connectivity index is 0. The first kappa shape index (κ1) is 22.2. The predicted octanol–water partition coefficient (Wildman–Crippen LogP) is 3.03. The van der Waals surface area contributed by atoms with Gasteiger partial charge in [0, 0.05) is 20.6 Å². The fourth-order valence-electron chi connectivity index (χ4n) is 2.45. The third kappa shape index (κ3) is 8.71. The molecule has 0 aromatic rings. The third-order valence-electron chi connectivity index (χ3n) is 3.74. The molecule has 3 unspecified atom stereocenters. The Labute approximate surface area is 129 Å². The number of hydrogen-bond donors (Lipinski definition) is 1. The Morgan fingerprint density at radius 1 is 1.24 bits per heavy atom. The van der Waals surface area contributed by atoms with Crippen LogP contribution in [0.4, 0.5) is 0 Å². The van der Waals surface area contributed by atoms with Crippen LogP contribution in [0, 0.1) is 11.8 Å². The van der Waals surface area contributed by atoms with Crippen molar-refractivity contribution in [3.63, 3.8) is 0 Å². The molecule has 1 N–H and O–H groups in total. The molecule has 0 aromatic heterocycles. The van der Waals surface area contributed by atoms with Crippen LogP contribution in [0.15, 0.2) is 0 Å². The number of nitrogens with zero attached hydrogens (tertiary/aromatic N) is 1. The van der Waals surface area contributed by atoms with E-state index >= 15 is 0 Å². The monoisotopic (exact) mass is 303 g/mol. The predicted molar refractivity (Wildman–Crippen MR) is 85.2 cm³/mol. The molecule has 0 aliphatic heterocycles. The summed E-state index contributed by atoms with van der Waals surface area (Å²) in [7, 11) is 3.66. The lowest BCUT2D eigenvalue weighted by Gasteiger charge is -2.37. The molecule has 0 fully saturated rings. The van der Waals surface area contributed by atoms with Crippen molar-refractivity contribution in [1.82, 2.24) is 4.90 Å². The highest BCUT2D eigenvalue weighted by Crippen LogP contribution is 2.22. The van der Waals surface area contributed by atoms with Gasteiger partial charge in [-0.25, -0.2) is 0 Å². The van der Waals surface area contributed by atoms with Crippen molar-refractivity contribution in [2.45, 2.75) is 66.0 Å². The van der Waals surface area contributed by atoms with Crippen LogP contribution in [-0.4, -0.2) is 48.7 Å². The molecule has 3 atom stereocenters. The molecule has 0 spiro atoms. The number of carbonyl (C=O) groups is 2. The van der Waals surface area contributed by atoms with Crippen molar-refractivity contribution in [2.24, 2.45) is 11.8 Å². The van der Waals surface area contributed by atoms with Crippen LogP contribution in [0.1, 0.15) is 53.9 Å². The van der Waals surface area contributed by atoms with E-state index in [0.717, 1.165) is 12.8 Å². The molecule has 0 saturated heterocycles. The summed E-state index contributed by atoms with van der Waals surface area (Å²) >= 11 is 0. The number of ether oxygens (including phenoxy) is 1. The van der Waals surface area contributed by atoms with Gasteiger partial charge in [-0.05, 0) is 18.3 Å². The van der Waals surface area contributed by atoms with Crippen LogP contribution in [-0.2, 0) is 14.3 Å². The highest BCUT2D eigenvalue weighted by Gasteiger charge is 2.31. The first-order chi connectivity index (χ1) is 9.80. The first-order valence-corrected chi connectivity index (χ1v) is 7.66. The molecule has 21 heavy (non-hydrogen) atoms. The quantitative estimate of drug-likeness (QED) is 0.700. The molecule has 0 radical (unpaired) electrons. The number of likely N-dealkylation sites (N-methyl/N-ethyl adjacent to an activating group) is 1. The maximum atomic E-state index is 12.2. The van der Waals surface area contributed by atoms with E-state index in [2.05, 4.69) is 34.6 Å². The smallest absolute Gasteiger partial charge is 0.290 e. The summed E-state index contributed by atoms with van der Waals surface area (Å²) in [4.78, 5) is 22.5. The molecule has 0 heterocycles. The van der Waals surface area contributed by atoms with Gasteiger partial charge < -0.3 is 14.7 Å². The summed E-state index contributed by atoms with van der Waals surface area (Å²) < 4.78 is 5.57. The average molecular weight is 303 g/mol. The van der Waals surface area contributed by atoms with Crippen LogP contribution in [0.2, 0.25) is 0 Å². The van der Waals surface area contributed by atoms with Crippen LogP contribution < -0.4 is 0 Å². The fraction of sp³-hybridized carbons (Fsp3) is 0.875. The van der Waals surface area contributed by atoms with E-state index in [4.69, 9.17) is 14.6 Å². The standard InChI is InChI=1S/C15H31NO2.CH2O2/c1-8-12(5)15(13(9-2)18-7)16(6)14(17)10-11(3)4;2-1-3/h11-13,15H,8-10H2,1-7H3;1H,(H,2,3). The van der Waals surface area contributed by atoms with Gasteiger partial charge in [0.2, 0.25) is 5.91 Å². The number of carbonyl (C=O) groups excluding carboxylic acids is 1. The summed E-state index contributed by atoms with van der Waals surface area (Å²) in [6, 6.07) is 0.177. The Bertz CT molecular complexity index is 277. The van der Waals surface area contributed by atoms with Crippen molar-refractivity contribution < 1.29 is 19.4 Å². The number of rotatable bonds is 8. The highest BCUT2D eigenvalue weighted by molar-refractivity contribution is 5.76. The Morgan fingerprint density at radius 2 is 1.71 bits per heavy atom. The van der Waals surface area contributed by atoms with E-state index in [0.29, 0.717) is 18.3 Å². The molecule has 126 valence electrons. The largest absolute Gasteiger partial charge is 0.483 e. The molecule has 0 saturated carbocycles. The van der Waals surface area contributed by atoms with Crippen molar-refractivity contribution in [1.29, 1.82) is 0 Å². The van der Waals surface area contributed by atoms with E-state index in [1.807, 2.05) is 11.9 Å². The van der Waals surface area contributed by atoms with Gasteiger partial charge in [0.1, 0.15) is 0 Å². The zero-order valence-electron chi connectivity index (χ0n) is 14.6. The lowest BCUT2D eigenvalue weighted by Crippen LogP contribution is -2.49. The topological polar surface area (TPSA) is 66.8 Å². The number of hydrogen-bond acceptors (Lipinski definition) is 3. The number of amides is 1. The van der Waals surface area contributed by atoms with Gasteiger partial charge in [-0.2, -0.15) is 0 Å². The summed E-state index contributed by atoms with van der Waals surface area (Å²) in [6.45, 7) is 10.4. The second-order valence-electron chi connectivity index (χ2n) is 5.77. The molecular formula is C16H33NO4. The number of methoxy groups -OCH3 is 1. The zero-order valence-corrected chi connectivity index (χ0v) is 14.6. The molecule has 0 aromatic carbocycles. The third-order valence-corrected chi connectivity index (χ3v) is 3.74. The Kier molecular flexibility index (Phi) is 13.3. The zero-order chi connectivity index (χ0) is 17.0. The van der Waals surface area contributed by atoms with Crippen LogP contribution in [0.25, 0.3) is 0 Å².